The lowest BCUT2D eigenvalue weighted by Crippen LogP contribution is -2.14. The number of ether oxygens (including phenoxy) is 1. The molecule has 126 valence electrons. The Morgan fingerprint density at radius 3 is 2.62 bits per heavy atom. The van der Waals surface area contributed by atoms with Crippen LogP contribution >= 0.6 is 23.2 Å². The van der Waals surface area contributed by atoms with Gasteiger partial charge >= 0.3 is 0 Å². The molecule has 0 radical (unpaired) electrons. The van der Waals surface area contributed by atoms with Crippen molar-refractivity contribution in [2.24, 2.45) is 5.16 Å². The van der Waals surface area contributed by atoms with Crippen LogP contribution < -0.4 is 4.74 Å². The molecule has 0 amide bonds. The molecular weight excluding hydrogens is 349 g/mol. The number of benzene rings is 2. The molecule has 0 aliphatic heterocycles. The number of carbonyl (C=O) groups is 1. The van der Waals surface area contributed by atoms with E-state index in [1.807, 2.05) is 31.2 Å². The van der Waals surface area contributed by atoms with E-state index in [1.165, 1.54) is 0 Å². The van der Waals surface area contributed by atoms with Gasteiger partial charge in [-0.3, -0.25) is 4.79 Å². The Balaban J connectivity index is 2.26. The lowest BCUT2D eigenvalue weighted by Gasteiger charge is -2.12. The zero-order valence-corrected chi connectivity index (χ0v) is 14.9. The summed E-state index contributed by atoms with van der Waals surface area (Å²) in [4.78, 5) is 16.7. The van der Waals surface area contributed by atoms with Gasteiger partial charge in [0.05, 0.1) is 0 Å². The number of carbonyl (C=O) groups excluding carboxylic acids is 1. The van der Waals surface area contributed by atoms with Crippen molar-refractivity contribution in [1.29, 1.82) is 0 Å². The Morgan fingerprint density at radius 2 is 1.96 bits per heavy atom. The number of oxime groups is 1. The second kappa shape index (κ2) is 8.71. The van der Waals surface area contributed by atoms with Crippen LogP contribution in [0.1, 0.15) is 23.6 Å². The highest BCUT2D eigenvalue weighted by Gasteiger charge is 2.17. The maximum Gasteiger partial charge on any atom is 0.274 e. The van der Waals surface area contributed by atoms with E-state index in [-0.39, 0.29) is 12.3 Å². The highest BCUT2D eigenvalue weighted by molar-refractivity contribution is 6.84. The fourth-order valence-corrected chi connectivity index (χ4v) is 2.49. The average molecular weight is 366 g/mol. The summed E-state index contributed by atoms with van der Waals surface area (Å²) in [6, 6.07) is 12.7. The number of halogens is 2. The van der Waals surface area contributed by atoms with Crippen molar-refractivity contribution in [3.63, 3.8) is 0 Å². The fraction of sp³-hybridized carbons (Fsp3) is 0.222. The largest absolute Gasteiger partial charge is 0.489 e. The Bertz CT molecular complexity index is 760. The molecule has 6 heteroatoms. The van der Waals surface area contributed by atoms with Crippen molar-refractivity contribution in [3.8, 4) is 5.75 Å². The SMILES string of the molecule is CCON=C(C(=O)Cl)c1ccccc1COc1ccc(Cl)cc1C. The van der Waals surface area contributed by atoms with E-state index in [2.05, 4.69) is 5.16 Å². The highest BCUT2D eigenvalue weighted by Crippen LogP contribution is 2.23. The zero-order valence-electron chi connectivity index (χ0n) is 13.4. The van der Waals surface area contributed by atoms with Gasteiger partial charge in [0.2, 0.25) is 0 Å². The first-order valence-electron chi connectivity index (χ1n) is 7.40. The molecule has 0 aliphatic rings. The van der Waals surface area contributed by atoms with Crippen LogP contribution in [0.15, 0.2) is 47.6 Å². The third-order valence-corrected chi connectivity index (χ3v) is 3.68. The van der Waals surface area contributed by atoms with Gasteiger partial charge in [-0.2, -0.15) is 0 Å². The summed E-state index contributed by atoms with van der Waals surface area (Å²) in [6.07, 6.45) is 0. The maximum absolute atomic E-state index is 11.7. The summed E-state index contributed by atoms with van der Waals surface area (Å²) >= 11 is 11.6. The molecule has 0 atom stereocenters. The van der Waals surface area contributed by atoms with E-state index in [9.17, 15) is 4.79 Å². The first kappa shape index (κ1) is 18.3. The van der Waals surface area contributed by atoms with E-state index < -0.39 is 5.24 Å². The molecular formula is C18H17Cl2NO3. The Kier molecular flexibility index (Phi) is 6.64. The molecule has 2 aromatic rings. The summed E-state index contributed by atoms with van der Waals surface area (Å²) in [6.45, 7) is 4.29. The molecule has 24 heavy (non-hydrogen) atoms. The average Bonchev–Trinajstić information content (AvgIpc) is 2.55. The molecule has 2 rings (SSSR count). The zero-order chi connectivity index (χ0) is 17.5. The topological polar surface area (TPSA) is 47.9 Å². The highest BCUT2D eigenvalue weighted by atomic mass is 35.5. The molecule has 0 aromatic heterocycles. The summed E-state index contributed by atoms with van der Waals surface area (Å²) < 4.78 is 5.84. The van der Waals surface area contributed by atoms with Crippen molar-refractivity contribution >= 4 is 34.2 Å². The van der Waals surface area contributed by atoms with E-state index >= 15 is 0 Å². The number of hydrogen-bond acceptors (Lipinski definition) is 4. The standard InChI is InChI=1S/C18H17Cl2NO3/c1-3-24-21-17(18(20)22)15-7-5-4-6-13(15)11-23-16-9-8-14(19)10-12(16)2/h4-10H,3,11H2,1-2H3. The van der Waals surface area contributed by atoms with Crippen molar-refractivity contribution < 1.29 is 14.4 Å². The van der Waals surface area contributed by atoms with Gasteiger partial charge in [-0.25, -0.2) is 0 Å². The molecule has 0 fully saturated rings. The molecule has 0 aliphatic carbocycles. The lowest BCUT2D eigenvalue weighted by molar-refractivity contribution is -0.106. The van der Waals surface area contributed by atoms with Crippen LogP contribution in [-0.2, 0) is 16.2 Å². The molecule has 0 N–H and O–H groups in total. The number of hydrogen-bond donors (Lipinski definition) is 0. The van der Waals surface area contributed by atoms with E-state index in [0.717, 1.165) is 16.9 Å². The molecule has 2 aromatic carbocycles. The molecule has 0 bridgehead atoms. The second-order valence-corrected chi connectivity index (χ2v) is 5.77. The first-order chi connectivity index (χ1) is 11.5. The van der Waals surface area contributed by atoms with E-state index in [4.69, 9.17) is 32.8 Å². The molecule has 4 nitrogen and oxygen atoms in total. The van der Waals surface area contributed by atoms with Crippen molar-refractivity contribution in [2.45, 2.75) is 20.5 Å². The molecule has 0 saturated heterocycles. The van der Waals surface area contributed by atoms with Gasteiger partial charge in [0.25, 0.3) is 5.24 Å². The second-order valence-electron chi connectivity index (χ2n) is 4.99. The minimum absolute atomic E-state index is 0.0607. The van der Waals surface area contributed by atoms with E-state index in [0.29, 0.717) is 17.2 Å². The predicted molar refractivity (Wildman–Crippen MR) is 96.0 cm³/mol. The van der Waals surface area contributed by atoms with Gasteiger partial charge in [0.15, 0.2) is 5.71 Å². The molecule has 0 saturated carbocycles. The first-order valence-corrected chi connectivity index (χ1v) is 8.15. The minimum Gasteiger partial charge on any atom is -0.489 e. The third kappa shape index (κ3) is 4.73. The van der Waals surface area contributed by atoms with Crippen LogP contribution in [-0.4, -0.2) is 17.6 Å². The Labute approximate surface area is 151 Å². The van der Waals surface area contributed by atoms with Crippen LogP contribution in [0.4, 0.5) is 0 Å². The molecule has 0 heterocycles. The lowest BCUT2D eigenvalue weighted by atomic mass is 10.0. The summed E-state index contributed by atoms with van der Waals surface area (Å²) in [7, 11) is 0. The van der Waals surface area contributed by atoms with Crippen LogP contribution in [0.25, 0.3) is 0 Å². The van der Waals surface area contributed by atoms with Gasteiger partial charge in [-0.15, -0.1) is 0 Å². The van der Waals surface area contributed by atoms with Gasteiger partial charge in [-0.05, 0) is 54.8 Å². The van der Waals surface area contributed by atoms with Crippen LogP contribution in [0.3, 0.4) is 0 Å². The maximum atomic E-state index is 11.7. The summed E-state index contributed by atoms with van der Waals surface area (Å²) in [5, 5.41) is 3.79. The van der Waals surface area contributed by atoms with Crippen molar-refractivity contribution in [1.82, 2.24) is 0 Å². The predicted octanol–water partition coefficient (Wildman–Crippen LogP) is 4.73. The van der Waals surface area contributed by atoms with Gasteiger partial charge in [0, 0.05) is 10.6 Å². The Morgan fingerprint density at radius 1 is 1.21 bits per heavy atom. The minimum atomic E-state index is -0.682. The molecule has 0 unspecified atom stereocenters. The fourth-order valence-electron chi connectivity index (χ4n) is 2.13. The normalized spacial score (nSPS) is 11.2. The van der Waals surface area contributed by atoms with Gasteiger partial charge in [0.1, 0.15) is 19.0 Å². The van der Waals surface area contributed by atoms with Crippen molar-refractivity contribution in [3.05, 3.63) is 64.2 Å². The summed E-state index contributed by atoms with van der Waals surface area (Å²) in [5.41, 5.74) is 2.35. The number of rotatable bonds is 7. The van der Waals surface area contributed by atoms with Gasteiger partial charge < -0.3 is 9.57 Å². The number of aryl methyl sites for hydroxylation is 1. The van der Waals surface area contributed by atoms with Crippen molar-refractivity contribution in [2.75, 3.05) is 6.61 Å². The van der Waals surface area contributed by atoms with Crippen LogP contribution in [0.2, 0.25) is 5.02 Å². The summed E-state index contributed by atoms with van der Waals surface area (Å²) in [5.74, 6) is 0.717. The van der Waals surface area contributed by atoms with Gasteiger partial charge in [-0.1, -0.05) is 41.0 Å². The number of nitrogens with zero attached hydrogens (tertiary/aromatic N) is 1. The Hall–Kier alpha value is -2.04. The van der Waals surface area contributed by atoms with E-state index in [1.54, 1.807) is 25.1 Å². The quantitative estimate of drug-likeness (QED) is 0.404. The third-order valence-electron chi connectivity index (χ3n) is 3.26. The molecule has 0 spiro atoms. The van der Waals surface area contributed by atoms with Crippen LogP contribution in [0, 0.1) is 6.92 Å². The van der Waals surface area contributed by atoms with Crippen LogP contribution in [0.5, 0.6) is 5.75 Å². The smallest absolute Gasteiger partial charge is 0.274 e. The monoisotopic (exact) mass is 365 g/mol.